The predicted molar refractivity (Wildman–Crippen MR) is 121 cm³/mol. The lowest BCUT2D eigenvalue weighted by atomic mass is 9.97. The van der Waals surface area contributed by atoms with Crippen molar-refractivity contribution in [3.05, 3.63) is 64.6 Å². The third-order valence-corrected chi connectivity index (χ3v) is 5.53. The van der Waals surface area contributed by atoms with Crippen LogP contribution in [0.4, 0.5) is 11.5 Å². The molecule has 0 aliphatic carbocycles. The van der Waals surface area contributed by atoms with Gasteiger partial charge in [0.1, 0.15) is 12.1 Å². The van der Waals surface area contributed by atoms with Crippen LogP contribution in [-0.4, -0.2) is 29.1 Å². The molecule has 0 bridgehead atoms. The van der Waals surface area contributed by atoms with Crippen LogP contribution in [0.15, 0.2) is 42.4 Å². The summed E-state index contributed by atoms with van der Waals surface area (Å²) in [6.07, 6.45) is 4.48. The first-order valence-corrected chi connectivity index (χ1v) is 9.81. The highest BCUT2D eigenvalue weighted by Crippen LogP contribution is 2.32. The van der Waals surface area contributed by atoms with E-state index in [0.29, 0.717) is 24.2 Å². The molecule has 1 amide bonds. The SMILES string of the molecule is C/C(N)=C(/C=N)c1cc(C)c2ncnc(N3CCc4ccc(NC=O)cc4C3)c2c1. The summed E-state index contributed by atoms with van der Waals surface area (Å²) in [5.74, 6) is 0.864. The van der Waals surface area contributed by atoms with Crippen molar-refractivity contribution >= 4 is 40.6 Å². The van der Waals surface area contributed by atoms with Crippen LogP contribution in [0.3, 0.4) is 0 Å². The summed E-state index contributed by atoms with van der Waals surface area (Å²) < 4.78 is 0. The van der Waals surface area contributed by atoms with Crippen LogP contribution in [0.2, 0.25) is 0 Å². The first-order valence-electron chi connectivity index (χ1n) is 9.81. The zero-order valence-corrected chi connectivity index (χ0v) is 17.1. The van der Waals surface area contributed by atoms with Crippen LogP contribution in [-0.2, 0) is 17.8 Å². The largest absolute Gasteiger partial charge is 0.402 e. The summed E-state index contributed by atoms with van der Waals surface area (Å²) >= 11 is 0. The second-order valence-corrected chi connectivity index (χ2v) is 7.54. The average molecular weight is 400 g/mol. The maximum Gasteiger partial charge on any atom is 0.211 e. The molecule has 1 aliphatic rings. The molecule has 0 atom stereocenters. The van der Waals surface area contributed by atoms with E-state index in [1.165, 1.54) is 17.3 Å². The van der Waals surface area contributed by atoms with E-state index in [0.717, 1.165) is 46.5 Å². The van der Waals surface area contributed by atoms with Crippen LogP contribution >= 0.6 is 0 Å². The van der Waals surface area contributed by atoms with E-state index in [2.05, 4.69) is 26.3 Å². The van der Waals surface area contributed by atoms with Gasteiger partial charge in [-0.3, -0.25) is 4.79 Å². The quantitative estimate of drug-likeness (QED) is 0.449. The lowest BCUT2D eigenvalue weighted by Gasteiger charge is -2.31. The number of hydrogen-bond donors (Lipinski definition) is 3. The third kappa shape index (κ3) is 3.50. The minimum atomic E-state index is 0.601. The van der Waals surface area contributed by atoms with E-state index < -0.39 is 0 Å². The molecule has 0 unspecified atom stereocenters. The van der Waals surface area contributed by atoms with E-state index in [1.807, 2.05) is 31.2 Å². The lowest BCUT2D eigenvalue weighted by molar-refractivity contribution is -0.105. The molecule has 1 aromatic heterocycles. The molecule has 1 aliphatic heterocycles. The van der Waals surface area contributed by atoms with Gasteiger partial charge in [-0.05, 0) is 66.8 Å². The highest BCUT2D eigenvalue weighted by molar-refractivity contribution is 6.11. The Morgan fingerprint density at radius 2 is 2.07 bits per heavy atom. The Balaban J connectivity index is 1.80. The predicted octanol–water partition coefficient (Wildman–Crippen LogP) is 3.41. The van der Waals surface area contributed by atoms with Gasteiger partial charge in [0.05, 0.1) is 5.52 Å². The average Bonchev–Trinajstić information content (AvgIpc) is 2.73. The van der Waals surface area contributed by atoms with E-state index >= 15 is 0 Å². The number of carbonyl (C=O) groups excluding carboxylic acids is 1. The molecule has 0 saturated heterocycles. The molecule has 0 spiro atoms. The molecule has 3 aromatic rings. The fraction of sp³-hybridized carbons (Fsp3) is 0.217. The van der Waals surface area contributed by atoms with Gasteiger partial charge in [0.25, 0.3) is 0 Å². The summed E-state index contributed by atoms with van der Waals surface area (Å²) in [7, 11) is 0. The molecule has 4 rings (SSSR count). The molecule has 30 heavy (non-hydrogen) atoms. The van der Waals surface area contributed by atoms with Crippen LogP contribution in [0.25, 0.3) is 16.5 Å². The number of anilines is 2. The minimum Gasteiger partial charge on any atom is -0.402 e. The molecule has 0 saturated carbocycles. The Hall–Kier alpha value is -3.74. The smallest absolute Gasteiger partial charge is 0.211 e. The number of nitrogens with two attached hydrogens (primary N) is 1. The Morgan fingerprint density at radius 1 is 1.23 bits per heavy atom. The number of amides is 1. The van der Waals surface area contributed by atoms with Gasteiger partial charge in [0.2, 0.25) is 6.41 Å². The number of aromatic nitrogens is 2. The number of fused-ring (bicyclic) bond motifs is 2. The molecular weight excluding hydrogens is 376 g/mol. The number of nitrogens with one attached hydrogen (secondary N) is 2. The van der Waals surface area contributed by atoms with Crippen LogP contribution in [0.5, 0.6) is 0 Å². The number of nitrogens with zero attached hydrogens (tertiary/aromatic N) is 3. The van der Waals surface area contributed by atoms with Gasteiger partial charge in [0.15, 0.2) is 0 Å². The molecular formula is C23H24N6O. The zero-order chi connectivity index (χ0) is 21.3. The van der Waals surface area contributed by atoms with Crippen LogP contribution < -0.4 is 16.0 Å². The highest BCUT2D eigenvalue weighted by atomic mass is 16.1. The standard InChI is InChI=1S/C23H24N6O/c1-14-7-17(21(10-24)15(2)25)9-20-22(14)26-12-27-23(20)29-6-5-16-3-4-19(28-13-30)8-18(16)11-29/h3-4,7-10,12-13,24H,5-6,11,25H2,1-2H3,(H,28,30)/b21-15+,24-10?. The van der Waals surface area contributed by atoms with E-state index in [9.17, 15) is 4.79 Å². The van der Waals surface area contributed by atoms with Crippen molar-refractivity contribution in [2.45, 2.75) is 26.8 Å². The van der Waals surface area contributed by atoms with Crippen molar-refractivity contribution in [1.82, 2.24) is 9.97 Å². The van der Waals surface area contributed by atoms with Crippen molar-refractivity contribution in [3.8, 4) is 0 Å². The van der Waals surface area contributed by atoms with Gasteiger partial charge in [-0.1, -0.05) is 6.07 Å². The lowest BCUT2D eigenvalue weighted by Crippen LogP contribution is -2.31. The van der Waals surface area contributed by atoms with Gasteiger partial charge < -0.3 is 21.4 Å². The summed E-state index contributed by atoms with van der Waals surface area (Å²) in [6.45, 7) is 5.35. The second-order valence-electron chi connectivity index (χ2n) is 7.54. The molecule has 2 aromatic carbocycles. The number of rotatable bonds is 5. The molecule has 152 valence electrons. The van der Waals surface area contributed by atoms with Crippen molar-refractivity contribution in [3.63, 3.8) is 0 Å². The number of benzene rings is 2. The number of aryl methyl sites for hydroxylation is 1. The van der Waals surface area contributed by atoms with Crippen molar-refractivity contribution in [2.24, 2.45) is 5.73 Å². The number of hydrogen-bond acceptors (Lipinski definition) is 6. The third-order valence-electron chi connectivity index (χ3n) is 5.53. The molecule has 0 fully saturated rings. The zero-order valence-electron chi connectivity index (χ0n) is 17.1. The maximum absolute atomic E-state index is 10.8. The van der Waals surface area contributed by atoms with Crippen LogP contribution in [0.1, 0.15) is 29.2 Å². The Morgan fingerprint density at radius 3 is 2.80 bits per heavy atom. The summed E-state index contributed by atoms with van der Waals surface area (Å²) in [6, 6.07) is 10.1. The topological polar surface area (TPSA) is 108 Å². The van der Waals surface area contributed by atoms with Crippen molar-refractivity contribution < 1.29 is 4.79 Å². The van der Waals surface area contributed by atoms with E-state index in [1.54, 1.807) is 13.3 Å². The van der Waals surface area contributed by atoms with Gasteiger partial charge in [-0.25, -0.2) is 9.97 Å². The molecule has 7 nitrogen and oxygen atoms in total. The second kappa shape index (κ2) is 7.94. The maximum atomic E-state index is 10.8. The summed E-state index contributed by atoms with van der Waals surface area (Å²) in [4.78, 5) is 22.2. The molecule has 0 radical (unpaired) electrons. The monoisotopic (exact) mass is 400 g/mol. The molecule has 2 heterocycles. The first-order chi connectivity index (χ1) is 14.5. The fourth-order valence-corrected chi connectivity index (χ4v) is 4.06. The minimum absolute atomic E-state index is 0.601. The van der Waals surface area contributed by atoms with E-state index in [4.69, 9.17) is 11.1 Å². The Kier molecular flexibility index (Phi) is 5.18. The van der Waals surface area contributed by atoms with Gasteiger partial charge in [0, 0.05) is 41.6 Å². The molecule has 4 N–H and O–H groups in total. The van der Waals surface area contributed by atoms with Gasteiger partial charge in [-0.15, -0.1) is 0 Å². The Bertz CT molecular complexity index is 1180. The van der Waals surface area contributed by atoms with Gasteiger partial charge >= 0.3 is 0 Å². The summed E-state index contributed by atoms with van der Waals surface area (Å²) in [5.41, 5.74) is 13.3. The highest BCUT2D eigenvalue weighted by Gasteiger charge is 2.21. The van der Waals surface area contributed by atoms with Crippen molar-refractivity contribution in [1.29, 1.82) is 5.41 Å². The molecule has 7 heteroatoms. The fourth-order valence-electron chi connectivity index (χ4n) is 4.06. The van der Waals surface area contributed by atoms with Crippen LogP contribution in [0, 0.1) is 12.3 Å². The first kappa shape index (κ1) is 19.6. The van der Waals surface area contributed by atoms with Gasteiger partial charge in [-0.2, -0.15) is 0 Å². The normalized spacial score (nSPS) is 14.1. The number of carbonyl (C=O) groups is 1. The number of allylic oxidation sites excluding steroid dienone is 2. The van der Waals surface area contributed by atoms with E-state index in [-0.39, 0.29) is 0 Å². The van der Waals surface area contributed by atoms with Crippen molar-refractivity contribution in [2.75, 3.05) is 16.8 Å². The Labute approximate surface area is 175 Å². The summed E-state index contributed by atoms with van der Waals surface area (Å²) in [5, 5.41) is 11.4.